The Bertz CT molecular complexity index is 818. The second-order valence-electron chi connectivity index (χ2n) is 8.41. The Labute approximate surface area is 242 Å². The van der Waals surface area contributed by atoms with Crippen LogP contribution in [-0.4, -0.2) is 28.6 Å². The quantitative estimate of drug-likeness (QED) is 0.224. The average Bonchev–Trinajstić information content (AvgIpc) is 3.00. The van der Waals surface area contributed by atoms with E-state index in [-0.39, 0.29) is 42.9 Å². The molecule has 2 aromatic rings. The summed E-state index contributed by atoms with van der Waals surface area (Å²) in [5, 5.41) is 9.43. The number of halogens is 2. The summed E-state index contributed by atoms with van der Waals surface area (Å²) >= 11 is 0. The van der Waals surface area contributed by atoms with Crippen LogP contribution in [-0.2, 0) is 0 Å². The zero-order valence-corrected chi connectivity index (χ0v) is 27.1. The van der Waals surface area contributed by atoms with E-state index in [4.69, 9.17) is 5.73 Å². The van der Waals surface area contributed by atoms with Gasteiger partial charge in [0.1, 0.15) is 0 Å². The van der Waals surface area contributed by atoms with Crippen LogP contribution in [0.25, 0.3) is 5.70 Å². The summed E-state index contributed by atoms with van der Waals surface area (Å²) in [6, 6.07) is 10.3. The molecule has 1 aromatic heterocycles. The summed E-state index contributed by atoms with van der Waals surface area (Å²) in [7, 11) is 2.05. The largest absolute Gasteiger partial charge is 2.00 e. The van der Waals surface area contributed by atoms with Gasteiger partial charge in [0.2, 0.25) is 0 Å². The minimum atomic E-state index is -1.00. The molecule has 0 amide bonds. The van der Waals surface area contributed by atoms with E-state index in [9.17, 15) is 13.9 Å². The molecule has 1 aromatic carbocycles. The molecular weight excluding hydrogens is 682 g/mol. The van der Waals surface area contributed by atoms with Gasteiger partial charge in [0.05, 0.1) is 0 Å². The molecule has 36 heavy (non-hydrogen) atoms. The third-order valence-electron chi connectivity index (χ3n) is 5.86. The van der Waals surface area contributed by atoms with Gasteiger partial charge in [0.15, 0.2) is 0 Å². The van der Waals surface area contributed by atoms with Crippen molar-refractivity contribution in [1.82, 2.24) is 9.88 Å². The number of phenolic OH excluding ortho intramolecular Hbond substituents is 1. The molecular formula is C29H45F2N3OU. The van der Waals surface area contributed by atoms with Crippen molar-refractivity contribution in [2.24, 2.45) is 11.7 Å². The molecule has 1 aliphatic rings. The first-order chi connectivity index (χ1) is 16.9. The second-order valence-corrected chi connectivity index (χ2v) is 8.41. The van der Waals surface area contributed by atoms with Gasteiger partial charge in [-0.25, -0.2) is 0 Å². The SMILES string of the molecule is CC.CCCCCCC(C)CC.CN1CC=C(N)c2cnccc2C1c1[c-]cc(O)cc1.F[CH-]F.[U+2]. The molecule has 3 rings (SSSR count). The summed E-state index contributed by atoms with van der Waals surface area (Å²) in [5.41, 5.74) is 9.94. The van der Waals surface area contributed by atoms with Gasteiger partial charge in [-0.2, -0.15) is 12.1 Å². The Morgan fingerprint density at radius 1 is 1.19 bits per heavy atom. The van der Waals surface area contributed by atoms with Crippen LogP contribution in [0.5, 0.6) is 5.75 Å². The predicted octanol–water partition coefficient (Wildman–Crippen LogP) is 8.00. The van der Waals surface area contributed by atoms with Gasteiger partial charge < -0.3 is 19.6 Å². The molecule has 0 bridgehead atoms. The molecule has 0 spiro atoms. The summed E-state index contributed by atoms with van der Waals surface area (Å²) < 4.78 is 19.0. The number of hydrogen-bond acceptors (Lipinski definition) is 4. The van der Waals surface area contributed by atoms with Gasteiger partial charge in [-0.05, 0) is 37.6 Å². The molecule has 2 heterocycles. The van der Waals surface area contributed by atoms with Crippen molar-refractivity contribution in [3.8, 4) is 5.75 Å². The van der Waals surface area contributed by atoms with Gasteiger partial charge >= 0.3 is 31.1 Å². The molecule has 200 valence electrons. The standard InChI is InChI=1S/C16H16N3O.C10H22.C2H6.CHF2.U/c1-19-9-7-15(17)14-10-18-8-6-13(14)16(19)11-2-4-12(20)5-3-11;1-4-6-7-8-9-10(3)5-2;1-2;2-1-3;/h2,4-8,10,16,20H,9,17H2,1H3;10H,4-9H2,1-3H3;1-2H3;1H;/q-1;;;-1;+2. The number of nitrogens with two attached hydrogens (primary N) is 1. The fourth-order valence-corrected chi connectivity index (χ4v) is 3.71. The van der Waals surface area contributed by atoms with E-state index in [2.05, 4.69) is 36.7 Å². The van der Waals surface area contributed by atoms with E-state index in [0.29, 0.717) is 0 Å². The molecule has 7 heteroatoms. The van der Waals surface area contributed by atoms with Crippen LogP contribution >= 0.6 is 0 Å². The maximum Gasteiger partial charge on any atom is 2.00 e. The summed E-state index contributed by atoms with van der Waals surface area (Å²) in [6.07, 6.45) is 14.1. The van der Waals surface area contributed by atoms with Gasteiger partial charge in [0, 0.05) is 42.0 Å². The molecule has 0 radical (unpaired) electrons. The van der Waals surface area contributed by atoms with Crippen molar-refractivity contribution >= 4 is 5.70 Å². The number of nitrogens with zero attached hydrogens (tertiary/aromatic N) is 2. The minimum Gasteiger partial charge on any atom is -0.566 e. The maximum absolute atomic E-state index is 9.50. The predicted molar refractivity (Wildman–Crippen MR) is 144 cm³/mol. The zero-order valence-electron chi connectivity index (χ0n) is 22.9. The average molecular weight is 728 g/mol. The Morgan fingerprint density at radius 2 is 1.86 bits per heavy atom. The number of hydrogen-bond donors (Lipinski definition) is 2. The van der Waals surface area contributed by atoms with Crippen LogP contribution in [0.15, 0.2) is 42.7 Å². The van der Waals surface area contributed by atoms with Crippen molar-refractivity contribution in [2.75, 3.05) is 13.6 Å². The molecule has 3 N–H and O–H groups in total. The number of benzene rings is 1. The van der Waals surface area contributed by atoms with E-state index in [0.717, 1.165) is 34.9 Å². The minimum absolute atomic E-state index is 0. The number of phenols is 1. The number of fused-ring (bicyclic) bond motifs is 1. The normalized spacial score (nSPS) is 15.0. The van der Waals surface area contributed by atoms with E-state index in [1.54, 1.807) is 24.5 Å². The van der Waals surface area contributed by atoms with Gasteiger partial charge in [-0.15, -0.1) is 17.7 Å². The van der Waals surface area contributed by atoms with E-state index in [1.807, 2.05) is 39.1 Å². The van der Waals surface area contributed by atoms with Crippen molar-refractivity contribution in [3.05, 3.63) is 72.4 Å². The van der Waals surface area contributed by atoms with Crippen LogP contribution < -0.4 is 5.73 Å². The smallest absolute Gasteiger partial charge is 0.566 e. The summed E-state index contributed by atoms with van der Waals surface area (Å²) in [4.78, 5) is 6.36. The molecule has 0 saturated carbocycles. The topological polar surface area (TPSA) is 62.4 Å². The third-order valence-corrected chi connectivity index (χ3v) is 5.86. The van der Waals surface area contributed by atoms with Crippen LogP contribution in [0.1, 0.15) is 95.9 Å². The zero-order chi connectivity index (χ0) is 26.6. The monoisotopic (exact) mass is 727 g/mol. The van der Waals surface area contributed by atoms with E-state index in [1.165, 1.54) is 38.5 Å². The van der Waals surface area contributed by atoms with Crippen molar-refractivity contribution in [3.63, 3.8) is 0 Å². The van der Waals surface area contributed by atoms with Crippen molar-refractivity contribution in [1.29, 1.82) is 0 Å². The Morgan fingerprint density at radius 3 is 2.42 bits per heavy atom. The molecule has 2 atom stereocenters. The van der Waals surface area contributed by atoms with Crippen LogP contribution in [0.2, 0.25) is 0 Å². The maximum atomic E-state index is 9.50. The summed E-state index contributed by atoms with van der Waals surface area (Å²) in [5.74, 6) is 1.18. The molecule has 0 fully saturated rings. The Kier molecular flexibility index (Phi) is 23.2. The van der Waals surface area contributed by atoms with Crippen LogP contribution in [0.3, 0.4) is 0 Å². The number of pyridine rings is 1. The fraction of sp³-hybridized carbons (Fsp3) is 0.517. The van der Waals surface area contributed by atoms with Crippen LogP contribution in [0.4, 0.5) is 8.78 Å². The summed E-state index contributed by atoms with van der Waals surface area (Å²) in [6.45, 7) is 10.7. The molecule has 2 unspecified atom stereocenters. The Balaban J connectivity index is 0. The van der Waals surface area contributed by atoms with Gasteiger partial charge in [-0.1, -0.05) is 73.1 Å². The number of rotatable bonds is 7. The van der Waals surface area contributed by atoms with E-state index < -0.39 is 6.93 Å². The second kappa shape index (κ2) is 22.8. The molecule has 0 saturated heterocycles. The number of aromatic nitrogens is 1. The van der Waals surface area contributed by atoms with E-state index >= 15 is 0 Å². The Hall–Kier alpha value is -1.42. The molecule has 1 aliphatic heterocycles. The molecule has 4 nitrogen and oxygen atoms in total. The van der Waals surface area contributed by atoms with Crippen molar-refractivity contribution < 1.29 is 45.0 Å². The fourth-order valence-electron chi connectivity index (χ4n) is 3.71. The number of unbranched alkanes of at least 4 members (excludes halogenated alkanes) is 3. The third kappa shape index (κ3) is 13.8. The first-order valence-electron chi connectivity index (χ1n) is 12.7. The van der Waals surface area contributed by atoms with Gasteiger partial charge in [-0.3, -0.25) is 9.88 Å². The number of likely N-dealkylation sites (N-methyl/N-ethyl adjacent to an activating group) is 1. The first kappa shape index (κ1) is 36.7. The number of aromatic hydroxyl groups is 1. The first-order valence-corrected chi connectivity index (χ1v) is 12.7. The van der Waals surface area contributed by atoms with Crippen molar-refractivity contribution in [2.45, 2.75) is 79.2 Å². The van der Waals surface area contributed by atoms with Crippen LogP contribution in [0, 0.1) is 50.0 Å². The molecule has 0 aliphatic carbocycles. The van der Waals surface area contributed by atoms with Gasteiger partial charge in [0.25, 0.3) is 0 Å².